The molecule has 0 bridgehead atoms. The van der Waals surface area contributed by atoms with Gasteiger partial charge in [0.25, 0.3) is 0 Å². The molecule has 0 amide bonds. The molecule has 1 aliphatic heterocycles. The van der Waals surface area contributed by atoms with Crippen LogP contribution in [0.3, 0.4) is 0 Å². The highest BCUT2D eigenvalue weighted by molar-refractivity contribution is 7.99. The van der Waals surface area contributed by atoms with E-state index in [1.807, 2.05) is 11.8 Å². The van der Waals surface area contributed by atoms with Crippen molar-refractivity contribution in [2.75, 3.05) is 18.8 Å². The van der Waals surface area contributed by atoms with Gasteiger partial charge in [-0.1, -0.05) is 18.2 Å². The predicted molar refractivity (Wildman–Crippen MR) is 71.8 cm³/mol. The van der Waals surface area contributed by atoms with E-state index >= 15 is 0 Å². The van der Waals surface area contributed by atoms with Gasteiger partial charge in [0.2, 0.25) is 0 Å². The minimum Gasteiger partial charge on any atom is -0.475 e. The van der Waals surface area contributed by atoms with Crippen molar-refractivity contribution in [1.29, 1.82) is 0 Å². The summed E-state index contributed by atoms with van der Waals surface area (Å²) in [5.74, 6) is -0.616. The van der Waals surface area contributed by atoms with Gasteiger partial charge in [0.05, 0.1) is 0 Å². The van der Waals surface area contributed by atoms with Crippen LogP contribution in [0.4, 0.5) is 13.2 Å². The Hall–Kier alpha value is -1.21. The van der Waals surface area contributed by atoms with Crippen molar-refractivity contribution in [2.24, 2.45) is 5.92 Å². The largest absolute Gasteiger partial charge is 0.490 e. The zero-order chi connectivity index (χ0) is 15.0. The Bertz CT molecular complexity index is 406. The molecular weight excluding hydrogens is 291 g/mol. The monoisotopic (exact) mass is 307 g/mol. The number of hydrogen-bond acceptors (Lipinski definition) is 3. The van der Waals surface area contributed by atoms with Gasteiger partial charge in [-0.15, -0.1) is 11.8 Å². The molecule has 2 rings (SSSR count). The van der Waals surface area contributed by atoms with Crippen LogP contribution in [-0.2, 0) is 4.79 Å². The van der Waals surface area contributed by atoms with Gasteiger partial charge >= 0.3 is 12.1 Å². The molecule has 1 fully saturated rings. The summed E-state index contributed by atoms with van der Waals surface area (Å²) in [5, 5.41) is 10.5. The molecule has 1 aromatic rings. The Morgan fingerprint density at radius 3 is 2.40 bits per heavy atom. The van der Waals surface area contributed by atoms with Gasteiger partial charge in [-0.25, -0.2) is 4.79 Å². The second kappa shape index (κ2) is 8.16. The van der Waals surface area contributed by atoms with Crippen molar-refractivity contribution >= 4 is 17.7 Å². The van der Waals surface area contributed by atoms with E-state index in [-0.39, 0.29) is 0 Å². The maximum atomic E-state index is 10.6. The Balaban J connectivity index is 0.000000246. The zero-order valence-electron chi connectivity index (χ0n) is 10.7. The molecule has 3 nitrogen and oxygen atoms in total. The molecule has 1 unspecified atom stereocenters. The number of carbonyl (C=O) groups is 1. The van der Waals surface area contributed by atoms with E-state index in [4.69, 9.17) is 9.90 Å². The Kier molecular flexibility index (Phi) is 6.87. The lowest BCUT2D eigenvalue weighted by atomic mass is 10.2. The van der Waals surface area contributed by atoms with E-state index in [1.165, 1.54) is 30.2 Å². The highest BCUT2D eigenvalue weighted by Gasteiger charge is 2.38. The third-order valence-corrected chi connectivity index (χ3v) is 3.88. The maximum Gasteiger partial charge on any atom is 0.490 e. The second-order valence-electron chi connectivity index (χ2n) is 4.29. The van der Waals surface area contributed by atoms with Gasteiger partial charge in [-0.2, -0.15) is 13.2 Å². The first-order valence-corrected chi connectivity index (χ1v) is 7.07. The summed E-state index contributed by atoms with van der Waals surface area (Å²) in [5.41, 5.74) is 0. The van der Waals surface area contributed by atoms with Gasteiger partial charge in [-0.05, 0) is 37.6 Å². The summed E-state index contributed by atoms with van der Waals surface area (Å²) in [4.78, 5) is 10.3. The van der Waals surface area contributed by atoms with Crippen LogP contribution in [0, 0.1) is 5.92 Å². The number of aliphatic carboxylic acids is 1. The predicted octanol–water partition coefficient (Wildman–Crippen LogP) is 3.02. The first-order chi connectivity index (χ1) is 9.39. The first kappa shape index (κ1) is 16.8. The number of halogens is 3. The number of thioether (sulfide) groups is 1. The zero-order valence-corrected chi connectivity index (χ0v) is 11.5. The molecule has 0 aliphatic carbocycles. The molecular formula is C13H16F3NO2S. The van der Waals surface area contributed by atoms with Crippen molar-refractivity contribution in [3.05, 3.63) is 30.3 Å². The highest BCUT2D eigenvalue weighted by atomic mass is 32.2. The topological polar surface area (TPSA) is 49.3 Å². The molecule has 1 saturated heterocycles. The van der Waals surface area contributed by atoms with Crippen LogP contribution >= 0.6 is 11.8 Å². The standard InChI is InChI=1S/C11H15NS.C2HF3O2/c1-2-4-11(5-3-1)13-9-10-6-7-12-8-10;3-2(4,5)1(6)7/h1-5,10,12H,6-9H2;(H,6,7). The minimum atomic E-state index is -5.08. The van der Waals surface area contributed by atoms with Crippen molar-refractivity contribution in [3.63, 3.8) is 0 Å². The molecule has 112 valence electrons. The summed E-state index contributed by atoms with van der Waals surface area (Å²) in [6.45, 7) is 2.42. The van der Waals surface area contributed by atoms with Crippen LogP contribution < -0.4 is 5.32 Å². The molecule has 1 aromatic carbocycles. The number of benzene rings is 1. The lowest BCUT2D eigenvalue weighted by Crippen LogP contribution is -2.21. The molecule has 0 radical (unpaired) electrons. The van der Waals surface area contributed by atoms with Crippen LogP contribution in [-0.4, -0.2) is 36.1 Å². The number of hydrogen-bond donors (Lipinski definition) is 2. The fraction of sp³-hybridized carbons (Fsp3) is 0.462. The third-order valence-electron chi connectivity index (χ3n) is 2.63. The molecule has 7 heteroatoms. The Labute approximate surface area is 119 Å². The highest BCUT2D eigenvalue weighted by Crippen LogP contribution is 2.22. The molecule has 0 saturated carbocycles. The van der Waals surface area contributed by atoms with Gasteiger partial charge in [-0.3, -0.25) is 0 Å². The van der Waals surface area contributed by atoms with Gasteiger partial charge in [0.15, 0.2) is 0 Å². The summed E-state index contributed by atoms with van der Waals surface area (Å²) in [6.07, 6.45) is -3.74. The van der Waals surface area contributed by atoms with Gasteiger partial charge in [0.1, 0.15) is 0 Å². The summed E-state index contributed by atoms with van der Waals surface area (Å²) >= 11 is 1.98. The number of alkyl halides is 3. The minimum absolute atomic E-state index is 0.880. The SMILES string of the molecule is O=C(O)C(F)(F)F.c1ccc(SCC2CCNC2)cc1. The Morgan fingerprint density at radius 2 is 1.95 bits per heavy atom. The molecule has 1 aliphatic rings. The smallest absolute Gasteiger partial charge is 0.475 e. The molecule has 1 atom stereocenters. The van der Waals surface area contributed by atoms with E-state index in [0.29, 0.717) is 0 Å². The summed E-state index contributed by atoms with van der Waals surface area (Å²) in [6, 6.07) is 10.7. The van der Waals surface area contributed by atoms with E-state index in [1.54, 1.807) is 0 Å². The van der Waals surface area contributed by atoms with E-state index in [2.05, 4.69) is 35.6 Å². The van der Waals surface area contributed by atoms with Gasteiger partial charge in [0, 0.05) is 10.6 Å². The van der Waals surface area contributed by atoms with Crippen LogP contribution in [0.2, 0.25) is 0 Å². The number of carboxylic acid groups (broad SMARTS) is 1. The quantitative estimate of drug-likeness (QED) is 0.843. The normalized spacial score (nSPS) is 18.2. The van der Waals surface area contributed by atoms with E-state index in [0.717, 1.165) is 5.92 Å². The number of nitrogens with one attached hydrogen (secondary N) is 1. The fourth-order valence-electron chi connectivity index (χ4n) is 1.59. The van der Waals surface area contributed by atoms with Crippen LogP contribution in [0.15, 0.2) is 35.2 Å². The molecule has 0 aromatic heterocycles. The average molecular weight is 307 g/mol. The van der Waals surface area contributed by atoms with Gasteiger partial charge < -0.3 is 10.4 Å². The summed E-state index contributed by atoms with van der Waals surface area (Å²) in [7, 11) is 0. The maximum absolute atomic E-state index is 10.6. The van der Waals surface area contributed by atoms with Crippen LogP contribution in [0.25, 0.3) is 0 Å². The summed E-state index contributed by atoms with van der Waals surface area (Å²) < 4.78 is 31.7. The average Bonchev–Trinajstić information content (AvgIpc) is 2.90. The lowest BCUT2D eigenvalue weighted by Gasteiger charge is -2.06. The third kappa shape index (κ3) is 6.81. The molecule has 20 heavy (non-hydrogen) atoms. The first-order valence-electron chi connectivity index (χ1n) is 6.08. The Morgan fingerprint density at radius 1 is 1.35 bits per heavy atom. The van der Waals surface area contributed by atoms with Crippen molar-refractivity contribution < 1.29 is 23.1 Å². The van der Waals surface area contributed by atoms with Crippen molar-refractivity contribution in [2.45, 2.75) is 17.5 Å². The van der Waals surface area contributed by atoms with Crippen molar-refractivity contribution in [3.8, 4) is 0 Å². The van der Waals surface area contributed by atoms with Crippen LogP contribution in [0.1, 0.15) is 6.42 Å². The lowest BCUT2D eigenvalue weighted by molar-refractivity contribution is -0.192. The van der Waals surface area contributed by atoms with E-state index in [9.17, 15) is 13.2 Å². The number of carboxylic acids is 1. The number of rotatable bonds is 3. The fourth-order valence-corrected chi connectivity index (χ4v) is 2.65. The molecule has 2 N–H and O–H groups in total. The second-order valence-corrected chi connectivity index (χ2v) is 5.38. The van der Waals surface area contributed by atoms with E-state index < -0.39 is 12.1 Å². The molecule has 0 spiro atoms. The molecule has 1 heterocycles. The van der Waals surface area contributed by atoms with Crippen molar-refractivity contribution in [1.82, 2.24) is 5.32 Å². The van der Waals surface area contributed by atoms with Crippen LogP contribution in [0.5, 0.6) is 0 Å².